The highest BCUT2D eigenvalue weighted by Crippen LogP contribution is 2.46. The molecule has 0 N–H and O–H groups in total. The molecule has 12 heteroatoms. The minimum atomic E-state index is -4.70. The molecule has 0 aliphatic heterocycles. The lowest BCUT2D eigenvalue weighted by atomic mass is 9.95. The van der Waals surface area contributed by atoms with E-state index in [-0.39, 0.29) is 16.7 Å². The lowest BCUT2D eigenvalue weighted by Crippen LogP contribution is -2.08. The Kier molecular flexibility index (Phi) is 12.5. The number of nitrogens with zero attached hydrogens (tertiary/aromatic N) is 6. The molecule has 0 unspecified atom stereocenters. The molecule has 0 spiro atoms. The quantitative estimate of drug-likeness (QED) is 0.135. The summed E-state index contributed by atoms with van der Waals surface area (Å²) < 4.78 is 89.7. The van der Waals surface area contributed by atoms with E-state index in [4.69, 9.17) is 19.9 Å². The van der Waals surface area contributed by atoms with Crippen molar-refractivity contribution in [3.05, 3.63) is 246 Å². The summed E-state index contributed by atoms with van der Waals surface area (Å²) in [6, 6.07) is 66.5. The molecule has 0 fully saturated rings. The van der Waals surface area contributed by atoms with Crippen molar-refractivity contribution < 1.29 is 26.3 Å². The standard InChI is InChI=1S/C67H42F6N6/c1-40-23-27-51(56(31-40)67(71,72)73)48-25-29-53-52-28-24-47(50-30-26-49(32-41(50)2)66(68,69)70)35-61(52)79(62(53)36-48)63-54(59-37-57(43-15-7-3-8-16-43)75-64(77-59)45-19-11-5-12-20-45)33-42(39-74)34-55(63)60-38-58(44-17-9-4-10-18-44)76-65(78-60)46-21-13-6-14-22-46/h3-38H,1-2H3. The Balaban J connectivity index is 1.26. The van der Waals surface area contributed by atoms with Gasteiger partial charge in [0.2, 0.25) is 0 Å². The third kappa shape index (κ3) is 9.57. The first kappa shape index (κ1) is 49.9. The molecule has 9 aromatic carbocycles. The fourth-order valence-electron chi connectivity index (χ4n) is 10.3. The second-order valence-corrected chi connectivity index (χ2v) is 19.3. The number of hydrogen-bond acceptors (Lipinski definition) is 5. The van der Waals surface area contributed by atoms with Crippen molar-refractivity contribution in [2.24, 2.45) is 0 Å². The van der Waals surface area contributed by atoms with Crippen LogP contribution in [-0.4, -0.2) is 24.5 Å². The van der Waals surface area contributed by atoms with Crippen LogP contribution in [0.2, 0.25) is 0 Å². The number of aryl methyl sites for hydroxylation is 2. The Labute approximate surface area is 450 Å². The van der Waals surface area contributed by atoms with Gasteiger partial charge in [0.25, 0.3) is 0 Å². The van der Waals surface area contributed by atoms with Gasteiger partial charge in [-0.15, -0.1) is 0 Å². The van der Waals surface area contributed by atoms with Crippen LogP contribution in [0.25, 0.3) is 118 Å². The highest BCUT2D eigenvalue weighted by molar-refractivity contribution is 6.12. The monoisotopic (exact) mass is 1040 g/mol. The van der Waals surface area contributed by atoms with Crippen LogP contribution in [0.3, 0.4) is 0 Å². The van der Waals surface area contributed by atoms with Gasteiger partial charge in [-0.05, 0) is 96.3 Å². The van der Waals surface area contributed by atoms with Gasteiger partial charge in [-0.25, -0.2) is 19.9 Å². The van der Waals surface area contributed by atoms with Crippen LogP contribution >= 0.6 is 0 Å². The van der Waals surface area contributed by atoms with Crippen molar-refractivity contribution in [3.63, 3.8) is 0 Å². The number of nitriles is 1. The highest BCUT2D eigenvalue weighted by Gasteiger charge is 2.35. The minimum Gasteiger partial charge on any atom is -0.308 e. The number of halogens is 6. The van der Waals surface area contributed by atoms with Gasteiger partial charge in [0.1, 0.15) is 0 Å². The van der Waals surface area contributed by atoms with E-state index in [1.807, 2.05) is 156 Å². The van der Waals surface area contributed by atoms with Crippen LogP contribution in [0, 0.1) is 25.2 Å². The molecule has 12 rings (SSSR count). The van der Waals surface area contributed by atoms with E-state index in [0.717, 1.165) is 29.3 Å². The fraction of sp³-hybridized carbons (Fsp3) is 0.0597. The Morgan fingerprint density at radius 2 is 0.835 bits per heavy atom. The van der Waals surface area contributed by atoms with E-state index in [9.17, 15) is 18.4 Å². The first-order valence-corrected chi connectivity index (χ1v) is 25.2. The highest BCUT2D eigenvalue weighted by atomic mass is 19.4. The third-order valence-electron chi connectivity index (χ3n) is 14.1. The molecule has 0 atom stereocenters. The van der Waals surface area contributed by atoms with Gasteiger partial charge in [0.05, 0.1) is 62.3 Å². The normalized spacial score (nSPS) is 11.8. The van der Waals surface area contributed by atoms with Crippen LogP contribution in [0.1, 0.15) is 27.8 Å². The Morgan fingerprint density at radius 1 is 0.392 bits per heavy atom. The van der Waals surface area contributed by atoms with Gasteiger partial charge in [0, 0.05) is 44.2 Å². The number of fused-ring (bicyclic) bond motifs is 3. The molecule has 0 bridgehead atoms. The number of rotatable bonds is 9. The summed E-state index contributed by atoms with van der Waals surface area (Å²) in [5, 5.41) is 12.5. The van der Waals surface area contributed by atoms with Crippen LogP contribution in [0.5, 0.6) is 0 Å². The molecular formula is C67H42F6N6. The van der Waals surface area contributed by atoms with Gasteiger partial charge in [0.15, 0.2) is 11.6 Å². The molecule has 3 aromatic heterocycles. The molecule has 3 heterocycles. The second kappa shape index (κ2) is 19.9. The average Bonchev–Trinajstić information content (AvgIpc) is 3.79. The second-order valence-electron chi connectivity index (χ2n) is 19.3. The van der Waals surface area contributed by atoms with Gasteiger partial charge < -0.3 is 4.57 Å². The summed E-state index contributed by atoms with van der Waals surface area (Å²) in [4.78, 5) is 20.8. The van der Waals surface area contributed by atoms with Gasteiger partial charge in [-0.2, -0.15) is 31.6 Å². The average molecular weight is 1050 g/mol. The van der Waals surface area contributed by atoms with Crippen molar-refractivity contribution in [3.8, 4) is 102 Å². The molecule has 0 saturated heterocycles. The first-order valence-electron chi connectivity index (χ1n) is 25.2. The Bertz CT molecular complexity index is 4090. The number of aromatic nitrogens is 5. The molecule has 0 aliphatic rings. The zero-order valence-corrected chi connectivity index (χ0v) is 42.2. The van der Waals surface area contributed by atoms with Crippen molar-refractivity contribution in [1.29, 1.82) is 5.26 Å². The zero-order chi connectivity index (χ0) is 54.6. The van der Waals surface area contributed by atoms with Crippen molar-refractivity contribution >= 4 is 21.8 Å². The van der Waals surface area contributed by atoms with Crippen molar-refractivity contribution in [2.75, 3.05) is 0 Å². The van der Waals surface area contributed by atoms with E-state index in [1.54, 1.807) is 50.2 Å². The van der Waals surface area contributed by atoms with Crippen LogP contribution < -0.4 is 0 Å². The maximum Gasteiger partial charge on any atom is 0.417 e. The lowest BCUT2D eigenvalue weighted by molar-refractivity contribution is -0.138. The maximum absolute atomic E-state index is 15.1. The summed E-state index contributed by atoms with van der Waals surface area (Å²) in [5.74, 6) is 0.769. The molecule has 382 valence electrons. The zero-order valence-electron chi connectivity index (χ0n) is 42.2. The van der Waals surface area contributed by atoms with Crippen LogP contribution in [-0.2, 0) is 12.4 Å². The fourth-order valence-corrected chi connectivity index (χ4v) is 10.3. The molecule has 0 saturated carbocycles. The largest absolute Gasteiger partial charge is 0.417 e. The molecule has 79 heavy (non-hydrogen) atoms. The molecule has 0 aliphatic carbocycles. The van der Waals surface area contributed by atoms with Gasteiger partial charge in [-0.1, -0.05) is 169 Å². The number of alkyl halides is 6. The number of hydrogen-bond donors (Lipinski definition) is 0. The summed E-state index contributed by atoms with van der Waals surface area (Å²) in [5.41, 5.74) is 8.14. The van der Waals surface area contributed by atoms with E-state index in [2.05, 4.69) is 6.07 Å². The van der Waals surface area contributed by atoms with E-state index < -0.39 is 23.5 Å². The summed E-state index contributed by atoms with van der Waals surface area (Å²) >= 11 is 0. The Morgan fingerprint density at radius 3 is 1.28 bits per heavy atom. The first-order chi connectivity index (χ1) is 38.2. The summed E-state index contributed by atoms with van der Waals surface area (Å²) in [7, 11) is 0. The van der Waals surface area contributed by atoms with E-state index in [1.165, 1.54) is 12.1 Å². The topological polar surface area (TPSA) is 80.3 Å². The van der Waals surface area contributed by atoms with Crippen molar-refractivity contribution in [2.45, 2.75) is 26.2 Å². The number of benzene rings is 9. The molecule has 0 amide bonds. The molecule has 12 aromatic rings. The SMILES string of the molecule is Cc1ccc(-c2ccc3c4ccc(-c5ccc(C(F)(F)F)cc5C)cc4n(-c4c(-c5cc(-c6ccccc6)nc(-c6ccccc6)n5)cc(C#N)cc4-c4cc(-c5ccccc5)nc(-c5ccccc5)n4)c3c2)c(C(F)(F)F)c1. The summed E-state index contributed by atoms with van der Waals surface area (Å²) in [6.07, 6.45) is -9.28. The predicted octanol–water partition coefficient (Wildman–Crippen LogP) is 18.2. The molecule has 6 nitrogen and oxygen atoms in total. The smallest absolute Gasteiger partial charge is 0.308 e. The maximum atomic E-state index is 15.1. The van der Waals surface area contributed by atoms with E-state index >= 15 is 13.2 Å². The van der Waals surface area contributed by atoms with Crippen molar-refractivity contribution in [1.82, 2.24) is 24.5 Å². The molecule has 0 radical (unpaired) electrons. The third-order valence-corrected chi connectivity index (χ3v) is 14.1. The van der Waals surface area contributed by atoms with Gasteiger partial charge >= 0.3 is 12.4 Å². The van der Waals surface area contributed by atoms with E-state index in [0.29, 0.717) is 106 Å². The predicted molar refractivity (Wildman–Crippen MR) is 300 cm³/mol. The molecular weight excluding hydrogens is 1000 g/mol. The van der Waals surface area contributed by atoms with Crippen LogP contribution in [0.15, 0.2) is 218 Å². The van der Waals surface area contributed by atoms with Gasteiger partial charge in [-0.3, -0.25) is 0 Å². The Hall–Kier alpha value is -9.99. The van der Waals surface area contributed by atoms with Crippen LogP contribution in [0.4, 0.5) is 26.3 Å². The lowest BCUT2D eigenvalue weighted by Gasteiger charge is -2.21. The summed E-state index contributed by atoms with van der Waals surface area (Å²) in [6.45, 7) is 3.24. The minimum absolute atomic E-state index is 0.0373.